The van der Waals surface area contributed by atoms with Gasteiger partial charge in [0.25, 0.3) is 0 Å². The van der Waals surface area contributed by atoms with E-state index in [-0.39, 0.29) is 0 Å². The van der Waals surface area contributed by atoms with E-state index in [0.29, 0.717) is 0 Å². The van der Waals surface area contributed by atoms with Crippen LogP contribution in [-0.4, -0.2) is 0 Å². The molecule has 10 aromatic carbocycles. The molecule has 2 heteroatoms. The molecule has 0 spiro atoms. The fourth-order valence-corrected chi connectivity index (χ4v) is 9.01. The molecule has 54 heavy (non-hydrogen) atoms. The van der Waals surface area contributed by atoms with Crippen molar-refractivity contribution in [1.82, 2.24) is 0 Å². The first-order chi connectivity index (χ1) is 26.8. The van der Waals surface area contributed by atoms with Crippen molar-refractivity contribution in [2.75, 3.05) is 0 Å². The molecule has 0 aliphatic carbocycles. The van der Waals surface area contributed by atoms with Crippen LogP contribution in [0.5, 0.6) is 0 Å². The maximum absolute atomic E-state index is 6.26. The zero-order valence-electron chi connectivity index (χ0n) is 29.1. The Morgan fingerprint density at radius 1 is 0.241 bits per heavy atom. The standard InChI is InChI=1S/C52H30O2/c1-3-13-37-31(11-1)27-32-12-2-4-14-38(32)51(37)52-41-19-9-17-35(33-23-25-49-45(28-33)39-15-5-7-21-47(39)53-49)43(41)30-44-36(18-10-20-42(44)52)34-24-26-50-46(29-34)40-16-6-8-22-48(40)54-50/h1-30H. The lowest BCUT2D eigenvalue weighted by Crippen LogP contribution is -1.92. The molecule has 2 nitrogen and oxygen atoms in total. The quantitative estimate of drug-likeness (QED) is 0.173. The summed E-state index contributed by atoms with van der Waals surface area (Å²) in [5.41, 5.74) is 10.8. The highest BCUT2D eigenvalue weighted by Crippen LogP contribution is 2.48. The number of para-hydroxylation sites is 2. The summed E-state index contributed by atoms with van der Waals surface area (Å²) in [5.74, 6) is 0. The summed E-state index contributed by atoms with van der Waals surface area (Å²) in [6.07, 6.45) is 0. The van der Waals surface area contributed by atoms with E-state index >= 15 is 0 Å². The van der Waals surface area contributed by atoms with Crippen LogP contribution in [-0.2, 0) is 0 Å². The molecule has 0 N–H and O–H groups in total. The number of benzene rings is 10. The second kappa shape index (κ2) is 11.2. The summed E-state index contributed by atoms with van der Waals surface area (Å²) in [6.45, 7) is 0. The molecular formula is C52H30O2. The lowest BCUT2D eigenvalue weighted by molar-refractivity contribution is 0.668. The van der Waals surface area contributed by atoms with Crippen molar-refractivity contribution in [3.8, 4) is 33.4 Å². The third-order valence-corrected chi connectivity index (χ3v) is 11.4. The Bertz CT molecular complexity index is 3280. The molecule has 0 atom stereocenters. The van der Waals surface area contributed by atoms with Crippen LogP contribution < -0.4 is 0 Å². The van der Waals surface area contributed by atoms with E-state index in [9.17, 15) is 0 Å². The van der Waals surface area contributed by atoms with Gasteiger partial charge in [0.2, 0.25) is 0 Å². The van der Waals surface area contributed by atoms with Gasteiger partial charge < -0.3 is 8.83 Å². The van der Waals surface area contributed by atoms with Gasteiger partial charge >= 0.3 is 0 Å². The molecule has 12 aromatic rings. The molecule has 250 valence electrons. The second-order valence-corrected chi connectivity index (χ2v) is 14.4. The highest BCUT2D eigenvalue weighted by molar-refractivity contribution is 6.26. The average molecular weight is 687 g/mol. The Kier molecular flexibility index (Phi) is 6.09. The summed E-state index contributed by atoms with van der Waals surface area (Å²) < 4.78 is 12.5. The highest BCUT2D eigenvalue weighted by atomic mass is 16.3. The van der Waals surface area contributed by atoms with E-state index in [4.69, 9.17) is 8.83 Å². The molecule has 12 rings (SSSR count). The largest absolute Gasteiger partial charge is 0.456 e. The van der Waals surface area contributed by atoms with E-state index in [1.165, 1.54) is 65.3 Å². The lowest BCUT2D eigenvalue weighted by Gasteiger charge is -2.20. The van der Waals surface area contributed by atoms with Gasteiger partial charge in [-0.2, -0.15) is 0 Å². The van der Waals surface area contributed by atoms with E-state index in [1.807, 2.05) is 24.3 Å². The van der Waals surface area contributed by atoms with Gasteiger partial charge in [0.05, 0.1) is 0 Å². The number of furan rings is 2. The van der Waals surface area contributed by atoms with Crippen molar-refractivity contribution in [1.29, 1.82) is 0 Å². The van der Waals surface area contributed by atoms with Crippen LogP contribution in [0, 0.1) is 0 Å². The van der Waals surface area contributed by atoms with E-state index in [1.54, 1.807) is 0 Å². The molecule has 0 saturated carbocycles. The van der Waals surface area contributed by atoms with Crippen LogP contribution in [0.2, 0.25) is 0 Å². The third kappa shape index (κ3) is 4.22. The van der Waals surface area contributed by atoms with Gasteiger partial charge in [-0.3, -0.25) is 0 Å². The molecule has 2 heterocycles. The van der Waals surface area contributed by atoms with E-state index < -0.39 is 0 Å². The summed E-state index contributed by atoms with van der Waals surface area (Å²) in [7, 11) is 0. The molecular weight excluding hydrogens is 657 g/mol. The smallest absolute Gasteiger partial charge is 0.135 e. The Balaban J connectivity index is 1.23. The number of rotatable bonds is 3. The number of hydrogen-bond donors (Lipinski definition) is 0. The van der Waals surface area contributed by atoms with Gasteiger partial charge in [-0.05, 0) is 125 Å². The molecule has 0 bridgehead atoms. The fraction of sp³-hybridized carbons (Fsp3) is 0. The molecule has 0 saturated heterocycles. The topological polar surface area (TPSA) is 26.3 Å². The summed E-state index contributed by atoms with van der Waals surface area (Å²) in [6, 6.07) is 65.9. The molecule has 0 unspecified atom stereocenters. The minimum atomic E-state index is 0.901. The second-order valence-electron chi connectivity index (χ2n) is 14.4. The van der Waals surface area contributed by atoms with Crippen LogP contribution in [0.3, 0.4) is 0 Å². The Morgan fingerprint density at radius 2 is 0.648 bits per heavy atom. The minimum absolute atomic E-state index is 0.901. The van der Waals surface area contributed by atoms with Crippen molar-refractivity contribution < 1.29 is 8.83 Å². The summed E-state index contributed by atoms with van der Waals surface area (Å²) >= 11 is 0. The summed E-state index contributed by atoms with van der Waals surface area (Å²) in [4.78, 5) is 0. The summed E-state index contributed by atoms with van der Waals surface area (Å²) in [5, 5.41) is 14.4. The van der Waals surface area contributed by atoms with Crippen molar-refractivity contribution >= 4 is 87.0 Å². The van der Waals surface area contributed by atoms with Gasteiger partial charge in [-0.25, -0.2) is 0 Å². The van der Waals surface area contributed by atoms with Crippen LogP contribution in [0.15, 0.2) is 191 Å². The van der Waals surface area contributed by atoms with Crippen molar-refractivity contribution in [3.05, 3.63) is 182 Å². The maximum atomic E-state index is 6.26. The first-order valence-corrected chi connectivity index (χ1v) is 18.5. The third-order valence-electron chi connectivity index (χ3n) is 11.4. The normalized spacial score (nSPS) is 12.1. The lowest BCUT2D eigenvalue weighted by atomic mass is 9.83. The van der Waals surface area contributed by atoms with Crippen molar-refractivity contribution in [3.63, 3.8) is 0 Å². The number of hydrogen-bond acceptors (Lipinski definition) is 2. The van der Waals surface area contributed by atoms with Gasteiger partial charge in [0, 0.05) is 21.5 Å². The van der Waals surface area contributed by atoms with Gasteiger partial charge in [0.15, 0.2) is 0 Å². The fourth-order valence-electron chi connectivity index (χ4n) is 9.01. The molecule has 0 radical (unpaired) electrons. The molecule has 0 aliphatic heterocycles. The predicted octanol–water partition coefficient (Wildman–Crippen LogP) is 15.1. The van der Waals surface area contributed by atoms with E-state index in [0.717, 1.165) is 55.0 Å². The Labute approximate surface area is 310 Å². The SMILES string of the molecule is c1ccc2c(-c3c4cccc(-c5ccc6oc7ccccc7c6c5)c4cc4c(-c5ccc6oc7ccccc7c6c5)cccc34)c3ccccc3cc2c1. The molecule has 0 amide bonds. The van der Waals surface area contributed by atoms with Crippen molar-refractivity contribution in [2.24, 2.45) is 0 Å². The van der Waals surface area contributed by atoms with Crippen LogP contribution in [0.1, 0.15) is 0 Å². The molecule has 2 aromatic heterocycles. The molecule has 0 aliphatic rings. The van der Waals surface area contributed by atoms with Crippen LogP contribution >= 0.6 is 0 Å². The zero-order valence-corrected chi connectivity index (χ0v) is 29.1. The van der Waals surface area contributed by atoms with Gasteiger partial charge in [0.1, 0.15) is 22.3 Å². The monoisotopic (exact) mass is 686 g/mol. The first-order valence-electron chi connectivity index (χ1n) is 18.5. The van der Waals surface area contributed by atoms with Gasteiger partial charge in [-0.15, -0.1) is 0 Å². The average Bonchev–Trinajstić information content (AvgIpc) is 3.79. The first kappa shape index (κ1) is 29.4. The Morgan fingerprint density at radius 3 is 1.17 bits per heavy atom. The predicted molar refractivity (Wildman–Crippen MR) is 227 cm³/mol. The highest BCUT2D eigenvalue weighted by Gasteiger charge is 2.20. The van der Waals surface area contributed by atoms with E-state index in [2.05, 4.69) is 158 Å². The zero-order chi connectivity index (χ0) is 35.3. The molecule has 0 fully saturated rings. The van der Waals surface area contributed by atoms with Crippen LogP contribution in [0.4, 0.5) is 0 Å². The van der Waals surface area contributed by atoms with Gasteiger partial charge in [-0.1, -0.05) is 133 Å². The van der Waals surface area contributed by atoms with Crippen LogP contribution in [0.25, 0.3) is 120 Å². The number of fused-ring (bicyclic) bond motifs is 10. The maximum Gasteiger partial charge on any atom is 0.135 e. The Hall–Kier alpha value is -7.16. The van der Waals surface area contributed by atoms with Crippen molar-refractivity contribution in [2.45, 2.75) is 0 Å². The minimum Gasteiger partial charge on any atom is -0.456 e.